The molecule has 0 radical (unpaired) electrons. The molecule has 1 aliphatic heterocycles. The normalized spacial score (nSPS) is 20.6. The quantitative estimate of drug-likeness (QED) is 0.629. The lowest BCUT2D eigenvalue weighted by atomic mass is 10.1. The van der Waals surface area contributed by atoms with Crippen molar-refractivity contribution in [2.24, 2.45) is 5.73 Å². The molecule has 0 saturated carbocycles. The molecule has 1 fully saturated rings. The van der Waals surface area contributed by atoms with Crippen molar-refractivity contribution < 1.29 is 14.6 Å². The van der Waals surface area contributed by atoms with E-state index in [1.807, 2.05) is 0 Å². The van der Waals surface area contributed by atoms with Crippen LogP contribution in [0.2, 0.25) is 0 Å². The molecule has 0 aromatic carbocycles. The maximum Gasteiger partial charge on any atom is 0.320 e. The third-order valence-corrected chi connectivity index (χ3v) is 2.41. The molecule has 82 valence electrons. The number of nitrogens with two attached hydrogens (primary N) is 1. The SMILES string of the molecule is NC(CCCN1CCOCC1)C(=O)O. The standard InChI is InChI=1S/C9H18N2O3/c10-8(9(12)13)2-1-3-11-4-6-14-7-5-11/h8H,1-7,10H2,(H,12,13). The minimum Gasteiger partial charge on any atom is -0.480 e. The van der Waals surface area contributed by atoms with Crippen molar-refractivity contribution in [3.63, 3.8) is 0 Å². The third kappa shape index (κ3) is 4.04. The van der Waals surface area contributed by atoms with E-state index in [4.69, 9.17) is 15.6 Å². The molecule has 1 saturated heterocycles. The Morgan fingerprint density at radius 2 is 2.14 bits per heavy atom. The predicted molar refractivity (Wildman–Crippen MR) is 52.1 cm³/mol. The highest BCUT2D eigenvalue weighted by atomic mass is 16.5. The molecule has 1 rings (SSSR count). The number of hydrogen-bond donors (Lipinski definition) is 2. The topological polar surface area (TPSA) is 75.8 Å². The van der Waals surface area contributed by atoms with Crippen LogP contribution < -0.4 is 5.73 Å². The van der Waals surface area contributed by atoms with Crippen LogP contribution in [0.5, 0.6) is 0 Å². The molecular formula is C9H18N2O3. The number of rotatable bonds is 5. The Morgan fingerprint density at radius 3 is 2.71 bits per heavy atom. The smallest absolute Gasteiger partial charge is 0.320 e. The summed E-state index contributed by atoms with van der Waals surface area (Å²) in [5.41, 5.74) is 5.39. The molecule has 0 spiro atoms. The number of carboxylic acid groups (broad SMARTS) is 1. The molecule has 1 heterocycles. The van der Waals surface area contributed by atoms with Gasteiger partial charge in [0.1, 0.15) is 6.04 Å². The Hall–Kier alpha value is -0.650. The summed E-state index contributed by atoms with van der Waals surface area (Å²) in [6.07, 6.45) is 1.39. The van der Waals surface area contributed by atoms with Crippen molar-refractivity contribution in [1.82, 2.24) is 4.90 Å². The molecule has 1 unspecified atom stereocenters. The Morgan fingerprint density at radius 1 is 1.50 bits per heavy atom. The van der Waals surface area contributed by atoms with Crippen LogP contribution in [0.3, 0.4) is 0 Å². The summed E-state index contributed by atoms with van der Waals surface area (Å²) in [7, 11) is 0. The van der Waals surface area contributed by atoms with Gasteiger partial charge in [-0.05, 0) is 19.4 Å². The molecular weight excluding hydrogens is 184 g/mol. The fourth-order valence-corrected chi connectivity index (χ4v) is 1.48. The van der Waals surface area contributed by atoms with E-state index in [0.29, 0.717) is 6.42 Å². The Labute approximate surface area is 83.8 Å². The van der Waals surface area contributed by atoms with Gasteiger partial charge in [-0.25, -0.2) is 0 Å². The summed E-state index contributed by atoms with van der Waals surface area (Å²) in [5, 5.41) is 8.56. The molecule has 0 amide bonds. The average molecular weight is 202 g/mol. The van der Waals surface area contributed by atoms with Gasteiger partial charge < -0.3 is 15.6 Å². The van der Waals surface area contributed by atoms with Gasteiger partial charge in [-0.1, -0.05) is 0 Å². The summed E-state index contributed by atoms with van der Waals surface area (Å²) >= 11 is 0. The van der Waals surface area contributed by atoms with Crippen LogP contribution in [-0.4, -0.2) is 54.9 Å². The fourth-order valence-electron chi connectivity index (χ4n) is 1.48. The first-order chi connectivity index (χ1) is 6.70. The number of ether oxygens (including phenoxy) is 1. The first kappa shape index (κ1) is 11.4. The molecule has 1 atom stereocenters. The zero-order chi connectivity index (χ0) is 10.4. The first-order valence-electron chi connectivity index (χ1n) is 4.98. The van der Waals surface area contributed by atoms with Crippen molar-refractivity contribution in [3.05, 3.63) is 0 Å². The van der Waals surface area contributed by atoms with Crippen LogP contribution in [0.4, 0.5) is 0 Å². The van der Waals surface area contributed by atoms with Gasteiger partial charge in [-0.3, -0.25) is 9.69 Å². The lowest BCUT2D eigenvalue weighted by Gasteiger charge is -2.26. The molecule has 0 aliphatic carbocycles. The van der Waals surface area contributed by atoms with Crippen molar-refractivity contribution in [3.8, 4) is 0 Å². The lowest BCUT2D eigenvalue weighted by molar-refractivity contribution is -0.138. The Bertz CT molecular complexity index is 181. The van der Waals surface area contributed by atoms with Gasteiger partial charge in [-0.2, -0.15) is 0 Å². The largest absolute Gasteiger partial charge is 0.480 e. The number of hydrogen-bond acceptors (Lipinski definition) is 4. The minimum absolute atomic E-state index is 0.548. The highest BCUT2D eigenvalue weighted by molar-refractivity contribution is 5.72. The molecule has 3 N–H and O–H groups in total. The summed E-state index contributed by atoms with van der Waals surface area (Å²) in [4.78, 5) is 12.7. The summed E-state index contributed by atoms with van der Waals surface area (Å²) in [6.45, 7) is 4.38. The van der Waals surface area contributed by atoms with Crippen molar-refractivity contribution in [2.75, 3.05) is 32.8 Å². The van der Waals surface area contributed by atoms with Crippen LogP contribution in [0.15, 0.2) is 0 Å². The highest BCUT2D eigenvalue weighted by Crippen LogP contribution is 2.01. The molecule has 0 aromatic rings. The second kappa shape index (κ2) is 5.95. The fraction of sp³-hybridized carbons (Fsp3) is 0.889. The highest BCUT2D eigenvalue weighted by Gasteiger charge is 2.13. The monoisotopic (exact) mass is 202 g/mol. The van der Waals surface area contributed by atoms with Crippen LogP contribution >= 0.6 is 0 Å². The molecule has 0 bridgehead atoms. The number of aliphatic carboxylic acids is 1. The second-order valence-electron chi connectivity index (χ2n) is 3.54. The van der Waals surface area contributed by atoms with Crippen LogP contribution in [-0.2, 0) is 9.53 Å². The number of morpholine rings is 1. The van der Waals surface area contributed by atoms with Crippen molar-refractivity contribution in [1.29, 1.82) is 0 Å². The van der Waals surface area contributed by atoms with E-state index in [-0.39, 0.29) is 0 Å². The molecule has 5 nitrogen and oxygen atoms in total. The maximum atomic E-state index is 10.4. The van der Waals surface area contributed by atoms with Gasteiger partial charge >= 0.3 is 5.97 Å². The second-order valence-corrected chi connectivity index (χ2v) is 3.54. The van der Waals surface area contributed by atoms with E-state index in [2.05, 4.69) is 4.90 Å². The lowest BCUT2D eigenvalue weighted by Crippen LogP contribution is -2.38. The van der Waals surface area contributed by atoms with Gasteiger partial charge in [0.05, 0.1) is 13.2 Å². The number of carboxylic acids is 1. The summed E-state index contributed by atoms with van der Waals surface area (Å²) < 4.78 is 5.20. The van der Waals surface area contributed by atoms with Crippen LogP contribution in [0.25, 0.3) is 0 Å². The molecule has 5 heteroatoms. The van der Waals surface area contributed by atoms with Crippen molar-refractivity contribution >= 4 is 5.97 Å². The predicted octanol–water partition coefficient (Wildman–Crippen LogP) is -0.489. The van der Waals surface area contributed by atoms with E-state index in [9.17, 15) is 4.79 Å². The summed E-state index contributed by atoms with van der Waals surface area (Å²) in [6, 6.07) is -0.712. The van der Waals surface area contributed by atoms with E-state index < -0.39 is 12.0 Å². The zero-order valence-corrected chi connectivity index (χ0v) is 8.32. The van der Waals surface area contributed by atoms with Crippen molar-refractivity contribution in [2.45, 2.75) is 18.9 Å². The van der Waals surface area contributed by atoms with Gasteiger partial charge in [0, 0.05) is 13.1 Å². The number of nitrogens with zero attached hydrogens (tertiary/aromatic N) is 1. The minimum atomic E-state index is -0.910. The maximum absolute atomic E-state index is 10.4. The van der Waals surface area contributed by atoms with E-state index >= 15 is 0 Å². The zero-order valence-electron chi connectivity index (χ0n) is 8.32. The Kier molecular flexibility index (Phi) is 4.86. The van der Waals surface area contributed by atoms with E-state index in [0.717, 1.165) is 39.3 Å². The van der Waals surface area contributed by atoms with E-state index in [1.54, 1.807) is 0 Å². The van der Waals surface area contributed by atoms with Gasteiger partial charge in [0.25, 0.3) is 0 Å². The summed E-state index contributed by atoms with van der Waals surface area (Å²) in [5.74, 6) is -0.910. The van der Waals surface area contributed by atoms with Gasteiger partial charge in [0.15, 0.2) is 0 Å². The molecule has 14 heavy (non-hydrogen) atoms. The molecule has 0 aromatic heterocycles. The Balaban J connectivity index is 2.05. The first-order valence-corrected chi connectivity index (χ1v) is 4.98. The molecule has 1 aliphatic rings. The van der Waals surface area contributed by atoms with Crippen LogP contribution in [0.1, 0.15) is 12.8 Å². The number of carbonyl (C=O) groups is 1. The van der Waals surface area contributed by atoms with Crippen LogP contribution in [0, 0.1) is 0 Å². The average Bonchev–Trinajstić information content (AvgIpc) is 2.19. The van der Waals surface area contributed by atoms with E-state index in [1.165, 1.54) is 0 Å². The van der Waals surface area contributed by atoms with Gasteiger partial charge in [-0.15, -0.1) is 0 Å². The van der Waals surface area contributed by atoms with Gasteiger partial charge in [0.2, 0.25) is 0 Å². The third-order valence-electron chi connectivity index (χ3n) is 2.41.